The second-order valence-electron chi connectivity index (χ2n) is 5.91. The van der Waals surface area contributed by atoms with E-state index in [0.717, 1.165) is 15.9 Å². The molecule has 3 atom stereocenters. The SMILES string of the molecule is CC1(C)OCC(Cc2ccc(OP3N=P(Cl)(Cl)N(Cl)P(Cl)N3Cl)cc2)O1. The van der Waals surface area contributed by atoms with Gasteiger partial charge in [-0.1, -0.05) is 27.3 Å². The van der Waals surface area contributed by atoms with Gasteiger partial charge in [0.1, 0.15) is 5.75 Å². The third-order valence-corrected chi connectivity index (χ3v) is 15.9. The number of hydrogen-bond donors (Lipinski definition) is 0. The molecule has 0 bridgehead atoms. The Balaban J connectivity index is 1.65. The maximum atomic E-state index is 6.17. The predicted octanol–water partition coefficient (Wildman–Crippen LogP) is 7.80. The average Bonchev–Trinajstić information content (AvgIpc) is 2.91. The third-order valence-electron chi connectivity index (χ3n) is 3.44. The van der Waals surface area contributed by atoms with Crippen LogP contribution in [-0.2, 0) is 15.9 Å². The first kappa shape index (κ1) is 22.1. The Bertz CT molecular complexity index is 707. The van der Waals surface area contributed by atoms with E-state index < -0.39 is 27.7 Å². The maximum absolute atomic E-state index is 6.17. The quantitative estimate of drug-likeness (QED) is 0.300. The van der Waals surface area contributed by atoms with Crippen molar-refractivity contribution >= 4 is 79.2 Å². The van der Waals surface area contributed by atoms with Gasteiger partial charge in [0.25, 0.3) is 0 Å². The number of hydrogen-bond acceptors (Lipinski definition) is 6. The summed E-state index contributed by atoms with van der Waals surface area (Å²) < 4.78 is 23.7. The van der Waals surface area contributed by atoms with Crippen LogP contribution in [-0.4, -0.2) is 26.4 Å². The summed E-state index contributed by atoms with van der Waals surface area (Å²) >= 11 is 30.6. The van der Waals surface area contributed by atoms with E-state index in [2.05, 4.69) is 4.52 Å². The van der Waals surface area contributed by atoms with Crippen LogP contribution in [0.3, 0.4) is 0 Å². The highest BCUT2D eigenvalue weighted by molar-refractivity contribution is 8.16. The normalized spacial score (nSPS) is 31.6. The molecule has 0 aromatic heterocycles. The number of halogens is 5. The topological polar surface area (TPSA) is 46.5 Å². The highest BCUT2D eigenvalue weighted by Gasteiger charge is 2.44. The summed E-state index contributed by atoms with van der Waals surface area (Å²) in [5, 5.41) is 0. The highest BCUT2D eigenvalue weighted by atomic mass is 35.9. The van der Waals surface area contributed by atoms with Crippen LogP contribution < -0.4 is 4.52 Å². The van der Waals surface area contributed by atoms with Crippen molar-refractivity contribution in [3.8, 4) is 5.75 Å². The molecule has 0 aliphatic carbocycles. The molecule has 2 heterocycles. The minimum atomic E-state index is -2.94. The van der Waals surface area contributed by atoms with Gasteiger partial charge in [0, 0.05) is 6.42 Å². The lowest BCUT2D eigenvalue weighted by Gasteiger charge is -2.35. The van der Waals surface area contributed by atoms with E-state index in [1.54, 1.807) is 0 Å². The summed E-state index contributed by atoms with van der Waals surface area (Å²) in [6, 6.07) is 7.54. The second-order valence-corrected chi connectivity index (χ2v) is 16.8. The lowest BCUT2D eigenvalue weighted by atomic mass is 10.1. The molecule has 26 heavy (non-hydrogen) atoms. The van der Waals surface area contributed by atoms with Crippen LogP contribution in [0.2, 0.25) is 0 Å². The lowest BCUT2D eigenvalue weighted by molar-refractivity contribution is -0.138. The monoisotopic (exact) mass is 517 g/mol. The number of nitrogens with zero attached hydrogens (tertiary/aromatic N) is 3. The minimum absolute atomic E-state index is 0.0280. The maximum Gasteiger partial charge on any atom is 0.322 e. The first-order chi connectivity index (χ1) is 12.1. The molecule has 14 heteroatoms. The molecular weight excluding hydrogens is 504 g/mol. The number of benzene rings is 1. The van der Waals surface area contributed by atoms with E-state index in [1.807, 2.05) is 38.1 Å². The minimum Gasteiger partial charge on any atom is -0.438 e. The summed E-state index contributed by atoms with van der Waals surface area (Å²) in [7, 11) is -3.29. The third kappa shape index (κ3) is 5.30. The predicted molar refractivity (Wildman–Crippen MR) is 112 cm³/mol. The van der Waals surface area contributed by atoms with Crippen molar-refractivity contribution < 1.29 is 14.0 Å². The zero-order valence-corrected chi connectivity index (χ0v) is 20.1. The fraction of sp³-hybridized carbons (Fsp3) is 0.500. The molecule has 2 aliphatic rings. The largest absolute Gasteiger partial charge is 0.438 e. The van der Waals surface area contributed by atoms with E-state index in [9.17, 15) is 0 Å². The Morgan fingerprint density at radius 3 is 2.54 bits per heavy atom. The average molecular weight is 519 g/mol. The molecular formula is C12H15Cl5N3O3P3. The lowest BCUT2D eigenvalue weighted by Crippen LogP contribution is -2.22. The second kappa shape index (κ2) is 8.64. The van der Waals surface area contributed by atoms with E-state index >= 15 is 0 Å². The molecule has 1 aromatic rings. The Labute approximate surface area is 179 Å². The molecule has 0 spiro atoms. The van der Waals surface area contributed by atoms with Crippen molar-refractivity contribution in [3.05, 3.63) is 29.8 Å². The van der Waals surface area contributed by atoms with Gasteiger partial charge in [-0.2, -0.15) is 4.52 Å². The number of rotatable bonds is 4. The highest BCUT2D eigenvalue weighted by Crippen LogP contribution is 2.84. The van der Waals surface area contributed by atoms with Crippen LogP contribution in [0, 0.1) is 0 Å². The Kier molecular flexibility index (Phi) is 7.34. The van der Waals surface area contributed by atoms with Gasteiger partial charge in [-0.3, -0.25) is 0 Å². The van der Waals surface area contributed by atoms with Crippen molar-refractivity contribution in [3.63, 3.8) is 0 Å². The smallest absolute Gasteiger partial charge is 0.322 e. The van der Waals surface area contributed by atoms with Crippen molar-refractivity contribution in [2.75, 3.05) is 6.61 Å². The zero-order valence-electron chi connectivity index (χ0n) is 13.6. The van der Waals surface area contributed by atoms with Crippen LogP contribution in [0.4, 0.5) is 0 Å². The summed E-state index contributed by atoms with van der Waals surface area (Å²) in [5.74, 6) is -2.90. The Morgan fingerprint density at radius 1 is 1.31 bits per heavy atom. The van der Waals surface area contributed by atoms with Crippen LogP contribution in [0.5, 0.6) is 5.75 Å². The van der Waals surface area contributed by atoms with Crippen LogP contribution in [0.25, 0.3) is 0 Å². The van der Waals surface area contributed by atoms with Crippen molar-refractivity contribution in [2.24, 2.45) is 4.52 Å². The summed E-state index contributed by atoms with van der Waals surface area (Å²) in [6.45, 7) is 4.38. The molecule has 0 saturated carbocycles. The molecule has 1 fully saturated rings. The van der Waals surface area contributed by atoms with Gasteiger partial charge in [-0.15, -0.1) is 3.96 Å². The van der Waals surface area contributed by atoms with Gasteiger partial charge in [0.2, 0.25) is 5.91 Å². The number of ether oxygens (including phenoxy) is 2. The fourth-order valence-electron chi connectivity index (χ4n) is 2.33. The standard InChI is InChI=1S/C12H15Cl5N3O3P3/c1-12(2)21-8-11(22-12)7-9-3-5-10(6-4-9)23-25-18-26(16,17)20(14)24(15)19(25)13/h3-6,11H,7-8H2,1-2H3. The van der Waals surface area contributed by atoms with Gasteiger partial charge in [0.05, 0.1) is 12.7 Å². The van der Waals surface area contributed by atoms with Gasteiger partial charge < -0.3 is 14.0 Å². The van der Waals surface area contributed by atoms with Crippen LogP contribution in [0.1, 0.15) is 19.4 Å². The van der Waals surface area contributed by atoms with Crippen molar-refractivity contribution in [2.45, 2.75) is 32.2 Å². The van der Waals surface area contributed by atoms with Crippen LogP contribution >= 0.6 is 79.2 Å². The van der Waals surface area contributed by atoms with Gasteiger partial charge >= 0.3 is 8.45 Å². The van der Waals surface area contributed by atoms with Gasteiger partial charge in [0.15, 0.2) is 13.4 Å². The van der Waals surface area contributed by atoms with E-state index in [1.165, 1.54) is 3.96 Å². The van der Waals surface area contributed by atoms with Gasteiger partial charge in [-0.05, 0) is 77.6 Å². The zero-order chi connectivity index (χ0) is 19.1. The molecule has 0 radical (unpaired) electrons. The van der Waals surface area contributed by atoms with E-state index in [-0.39, 0.29) is 6.10 Å². The summed E-state index contributed by atoms with van der Waals surface area (Å²) in [6.07, 6.45) is 0.775. The molecule has 1 saturated heterocycles. The molecule has 0 N–H and O–H groups in total. The summed E-state index contributed by atoms with van der Waals surface area (Å²) in [4.78, 5) is 0. The molecule has 0 amide bonds. The Hall–Kier alpha value is 1.40. The van der Waals surface area contributed by atoms with Crippen molar-refractivity contribution in [1.29, 1.82) is 0 Å². The molecule has 3 rings (SSSR count). The summed E-state index contributed by atoms with van der Waals surface area (Å²) in [5.41, 5.74) is 1.10. The molecule has 6 nitrogen and oxygen atoms in total. The van der Waals surface area contributed by atoms with E-state index in [0.29, 0.717) is 12.4 Å². The molecule has 3 unspecified atom stereocenters. The molecule has 2 aliphatic heterocycles. The first-order valence-corrected chi connectivity index (χ1v) is 14.9. The fourth-order valence-corrected chi connectivity index (χ4v) is 12.5. The Morgan fingerprint density at radius 2 is 1.96 bits per heavy atom. The molecule has 146 valence electrons. The van der Waals surface area contributed by atoms with Gasteiger partial charge in [-0.25, -0.2) is 0 Å². The van der Waals surface area contributed by atoms with E-state index in [4.69, 9.17) is 71.3 Å². The van der Waals surface area contributed by atoms with Crippen LogP contribution in [0.15, 0.2) is 28.8 Å². The van der Waals surface area contributed by atoms with Crippen molar-refractivity contribution in [1.82, 2.24) is 7.92 Å². The molecule has 1 aromatic carbocycles. The first-order valence-electron chi connectivity index (χ1n) is 7.36.